The summed E-state index contributed by atoms with van der Waals surface area (Å²) in [6, 6.07) is 0. The van der Waals surface area contributed by atoms with Crippen LogP contribution < -0.4 is 0 Å². The molecule has 5 heteroatoms. The third-order valence-electron chi connectivity index (χ3n) is 5.15. The van der Waals surface area contributed by atoms with Crippen molar-refractivity contribution >= 4 is 14.7 Å². The molecule has 4 heterocycles. The van der Waals surface area contributed by atoms with Gasteiger partial charge in [-0.15, -0.1) is 0 Å². The van der Waals surface area contributed by atoms with E-state index < -0.39 is 18.7 Å². The number of rotatable bonds is 3. The SMILES string of the molecule is [B][P+]1(CCCC)C2(C)CC3(C)OC(C)(CC1(C)O3)O2. The fraction of sp³-hybridized carbons (Fsp3) is 1.00. The fourth-order valence-corrected chi connectivity index (χ4v) is 9.27. The highest BCUT2D eigenvalue weighted by atomic mass is 31.2. The van der Waals surface area contributed by atoms with Gasteiger partial charge in [0.2, 0.25) is 0 Å². The molecule has 4 aliphatic heterocycles. The van der Waals surface area contributed by atoms with Crippen molar-refractivity contribution in [2.24, 2.45) is 0 Å². The van der Waals surface area contributed by atoms with Crippen LogP contribution in [0.25, 0.3) is 0 Å². The molecule has 0 aromatic rings. The topological polar surface area (TPSA) is 27.7 Å². The molecule has 4 fully saturated rings. The first-order valence-electron chi connectivity index (χ1n) is 7.37. The molecule has 2 radical (unpaired) electrons. The van der Waals surface area contributed by atoms with E-state index in [9.17, 15) is 0 Å². The molecule has 0 N–H and O–H groups in total. The van der Waals surface area contributed by atoms with E-state index in [2.05, 4.69) is 20.8 Å². The van der Waals surface area contributed by atoms with Gasteiger partial charge in [-0.25, -0.2) is 0 Å². The normalized spacial score (nSPS) is 59.6. The molecule has 4 rings (SSSR count). The van der Waals surface area contributed by atoms with Gasteiger partial charge in [0.15, 0.2) is 22.3 Å². The van der Waals surface area contributed by atoms with Crippen LogP contribution in [0.1, 0.15) is 60.3 Å². The maximum Gasteiger partial charge on any atom is 0.371 e. The molecule has 0 aromatic heterocycles. The lowest BCUT2D eigenvalue weighted by Crippen LogP contribution is -2.74. The Kier molecular flexibility index (Phi) is 2.84. The zero-order valence-corrected chi connectivity index (χ0v) is 13.7. The molecule has 0 amide bonds. The summed E-state index contributed by atoms with van der Waals surface area (Å²) in [5.74, 6) is -1.08. The summed E-state index contributed by atoms with van der Waals surface area (Å²) in [6.07, 6.45) is 4.85. The second-order valence-corrected chi connectivity index (χ2v) is 11.3. The zero-order chi connectivity index (χ0) is 14.2. The number of hydrogen-bond donors (Lipinski definition) is 0. The number of ether oxygens (including phenoxy) is 3. The van der Waals surface area contributed by atoms with Crippen molar-refractivity contribution in [3.8, 4) is 0 Å². The molecule has 0 aliphatic carbocycles. The highest BCUT2D eigenvalue weighted by Gasteiger charge is 2.80. The highest BCUT2D eigenvalue weighted by Crippen LogP contribution is 2.85. The van der Waals surface area contributed by atoms with Crippen LogP contribution in [0.4, 0.5) is 0 Å². The Labute approximate surface area is 118 Å². The van der Waals surface area contributed by atoms with Crippen LogP contribution in [-0.4, -0.2) is 36.0 Å². The van der Waals surface area contributed by atoms with Gasteiger partial charge in [0.1, 0.15) is 0 Å². The maximum absolute atomic E-state index is 6.97. The summed E-state index contributed by atoms with van der Waals surface area (Å²) in [5, 5.41) is -0.537. The molecule has 0 aromatic carbocycles. The third kappa shape index (κ3) is 1.73. The molecule has 4 aliphatic rings. The monoisotopic (exact) mass is 283 g/mol. The van der Waals surface area contributed by atoms with Gasteiger partial charge < -0.3 is 14.2 Å². The number of hydrogen-bond acceptors (Lipinski definition) is 3. The van der Waals surface area contributed by atoms with Gasteiger partial charge in [-0.3, -0.25) is 0 Å². The average Bonchev–Trinajstić information content (AvgIpc) is 2.18. The molecule has 4 bridgehead atoms. The lowest BCUT2D eigenvalue weighted by Gasteiger charge is -2.69. The second-order valence-electron chi connectivity index (χ2n) is 7.22. The highest BCUT2D eigenvalue weighted by molar-refractivity contribution is 7.99. The first-order chi connectivity index (χ1) is 8.60. The zero-order valence-electron chi connectivity index (χ0n) is 12.8. The molecule has 3 nitrogen and oxygen atoms in total. The van der Waals surface area contributed by atoms with Crippen molar-refractivity contribution in [1.82, 2.24) is 0 Å². The van der Waals surface area contributed by atoms with Crippen LogP contribution >= 0.6 is 7.14 Å². The minimum atomic E-state index is -1.83. The first kappa shape index (κ1) is 14.3. The molecule has 0 saturated carbocycles. The summed E-state index contributed by atoms with van der Waals surface area (Å²) < 4.78 is 18.8. The summed E-state index contributed by atoms with van der Waals surface area (Å²) in [6.45, 7) is 10.7. The van der Waals surface area contributed by atoms with Crippen LogP contribution in [0.5, 0.6) is 0 Å². The standard InChI is InChI=1S/C14H25BO3P/c1-6-7-8-19(15)13(4)9-11(2)16-12(3,18-13)10-14(19,5)17-11/h6-10H2,1-5H3/q+1. The van der Waals surface area contributed by atoms with Crippen molar-refractivity contribution in [2.75, 3.05) is 6.16 Å². The van der Waals surface area contributed by atoms with Gasteiger partial charge in [0, 0.05) is 13.3 Å². The van der Waals surface area contributed by atoms with Gasteiger partial charge in [-0.2, -0.15) is 0 Å². The Morgan fingerprint density at radius 1 is 0.947 bits per heavy atom. The largest absolute Gasteiger partial charge is 0.371 e. The fourth-order valence-electron chi connectivity index (χ4n) is 4.66. The van der Waals surface area contributed by atoms with E-state index in [1.54, 1.807) is 0 Å². The quantitative estimate of drug-likeness (QED) is 0.585. The molecule has 106 valence electrons. The Balaban J connectivity index is 2.05. The van der Waals surface area contributed by atoms with E-state index >= 15 is 0 Å². The smallest absolute Gasteiger partial charge is 0.318 e. The Morgan fingerprint density at radius 2 is 1.42 bits per heavy atom. The molecular formula is C14H25BO3P+. The molecule has 0 spiro atoms. The van der Waals surface area contributed by atoms with E-state index in [1.807, 2.05) is 13.8 Å². The molecule has 19 heavy (non-hydrogen) atoms. The summed E-state index contributed by atoms with van der Waals surface area (Å²) in [7, 11) is 5.13. The predicted molar refractivity (Wildman–Crippen MR) is 78.6 cm³/mol. The Bertz CT molecular complexity index is 369. The predicted octanol–water partition coefficient (Wildman–Crippen LogP) is 3.62. The van der Waals surface area contributed by atoms with E-state index in [0.29, 0.717) is 0 Å². The Hall–Kier alpha value is 0.375. The van der Waals surface area contributed by atoms with Crippen LogP contribution in [-0.2, 0) is 14.2 Å². The van der Waals surface area contributed by atoms with Crippen LogP contribution in [0.3, 0.4) is 0 Å². The van der Waals surface area contributed by atoms with Crippen molar-refractivity contribution in [1.29, 1.82) is 0 Å². The molecule has 4 unspecified atom stereocenters. The first-order valence-corrected chi connectivity index (χ1v) is 9.41. The third-order valence-corrected chi connectivity index (χ3v) is 10.1. The van der Waals surface area contributed by atoms with Crippen molar-refractivity contribution in [3.63, 3.8) is 0 Å². The molecule has 4 atom stereocenters. The number of unbranched alkanes of at least 4 members (excludes halogenated alkanes) is 1. The molecule has 4 saturated heterocycles. The van der Waals surface area contributed by atoms with Crippen molar-refractivity contribution in [2.45, 2.75) is 82.6 Å². The van der Waals surface area contributed by atoms with Gasteiger partial charge in [-0.05, 0) is 34.1 Å². The average molecular weight is 283 g/mol. The van der Waals surface area contributed by atoms with Gasteiger partial charge in [0.05, 0.1) is 12.8 Å². The van der Waals surface area contributed by atoms with Gasteiger partial charge >= 0.3 is 7.57 Å². The summed E-state index contributed by atoms with van der Waals surface area (Å²) in [4.78, 5) is 0. The second kappa shape index (κ2) is 3.77. The lowest BCUT2D eigenvalue weighted by atomic mass is 9.98. The van der Waals surface area contributed by atoms with Gasteiger partial charge in [0.25, 0.3) is 0 Å². The van der Waals surface area contributed by atoms with E-state index in [4.69, 9.17) is 21.8 Å². The minimum Gasteiger partial charge on any atom is -0.318 e. The van der Waals surface area contributed by atoms with E-state index in [1.165, 1.54) is 0 Å². The Morgan fingerprint density at radius 3 is 1.84 bits per heavy atom. The maximum atomic E-state index is 6.97. The van der Waals surface area contributed by atoms with Crippen molar-refractivity contribution < 1.29 is 14.2 Å². The summed E-state index contributed by atoms with van der Waals surface area (Å²) >= 11 is 0. The van der Waals surface area contributed by atoms with Gasteiger partial charge in [-0.1, -0.05) is 13.3 Å². The van der Waals surface area contributed by atoms with Crippen LogP contribution in [0.15, 0.2) is 0 Å². The molecular weight excluding hydrogens is 258 g/mol. The van der Waals surface area contributed by atoms with E-state index in [0.717, 1.165) is 31.8 Å². The van der Waals surface area contributed by atoms with Crippen molar-refractivity contribution in [3.05, 3.63) is 0 Å². The van der Waals surface area contributed by atoms with Crippen LogP contribution in [0.2, 0.25) is 0 Å². The lowest BCUT2D eigenvalue weighted by molar-refractivity contribution is -0.469. The minimum absolute atomic E-state index is 0.269. The van der Waals surface area contributed by atoms with Crippen LogP contribution in [0, 0.1) is 0 Å². The summed E-state index contributed by atoms with van der Waals surface area (Å²) in [5.41, 5.74) is 0. The van der Waals surface area contributed by atoms with E-state index in [-0.39, 0.29) is 10.7 Å².